The molecule has 0 aromatic heterocycles. The SMILES string of the molecule is NC(=O)N1CCN(C(=O)c2ccccc2[C@@H]2CCNC2)CC1. The van der Waals surface area contributed by atoms with Crippen molar-refractivity contribution in [3.63, 3.8) is 0 Å². The van der Waals surface area contributed by atoms with Crippen LogP contribution in [0.2, 0.25) is 0 Å². The second-order valence-electron chi connectivity index (χ2n) is 5.89. The highest BCUT2D eigenvalue weighted by Gasteiger charge is 2.27. The van der Waals surface area contributed by atoms with Gasteiger partial charge in [0.05, 0.1) is 0 Å². The van der Waals surface area contributed by atoms with Gasteiger partial charge in [0.15, 0.2) is 0 Å². The van der Waals surface area contributed by atoms with Crippen LogP contribution in [-0.4, -0.2) is 61.0 Å². The predicted molar refractivity (Wildman–Crippen MR) is 83.7 cm³/mol. The number of hydrogen-bond donors (Lipinski definition) is 2. The fourth-order valence-corrected chi connectivity index (χ4v) is 3.27. The Hall–Kier alpha value is -2.08. The van der Waals surface area contributed by atoms with Gasteiger partial charge in [0.2, 0.25) is 0 Å². The Morgan fingerprint density at radius 3 is 2.41 bits per heavy atom. The van der Waals surface area contributed by atoms with E-state index in [2.05, 4.69) is 11.4 Å². The number of hydrogen-bond acceptors (Lipinski definition) is 3. The zero-order valence-corrected chi connectivity index (χ0v) is 12.6. The molecule has 2 heterocycles. The Labute approximate surface area is 130 Å². The maximum atomic E-state index is 12.8. The molecule has 1 atom stereocenters. The normalized spacial score (nSPS) is 21.9. The summed E-state index contributed by atoms with van der Waals surface area (Å²) in [5, 5.41) is 3.35. The smallest absolute Gasteiger partial charge is 0.314 e. The van der Waals surface area contributed by atoms with Crippen LogP contribution in [0.25, 0.3) is 0 Å². The van der Waals surface area contributed by atoms with Crippen LogP contribution in [0.3, 0.4) is 0 Å². The lowest BCUT2D eigenvalue weighted by molar-refractivity contribution is 0.0668. The lowest BCUT2D eigenvalue weighted by Gasteiger charge is -2.34. The first-order chi connectivity index (χ1) is 10.7. The summed E-state index contributed by atoms with van der Waals surface area (Å²) in [5.41, 5.74) is 7.21. The first-order valence-corrected chi connectivity index (χ1v) is 7.80. The maximum absolute atomic E-state index is 12.8. The number of amides is 3. The molecule has 2 aliphatic rings. The average Bonchev–Trinajstić information content (AvgIpc) is 3.08. The van der Waals surface area contributed by atoms with Gasteiger partial charge >= 0.3 is 6.03 Å². The highest BCUT2D eigenvalue weighted by atomic mass is 16.2. The molecule has 22 heavy (non-hydrogen) atoms. The lowest BCUT2D eigenvalue weighted by Crippen LogP contribution is -2.52. The van der Waals surface area contributed by atoms with Crippen LogP contribution in [0.1, 0.15) is 28.3 Å². The zero-order valence-electron chi connectivity index (χ0n) is 12.6. The number of carbonyl (C=O) groups is 2. The second kappa shape index (κ2) is 6.36. The molecule has 0 bridgehead atoms. The van der Waals surface area contributed by atoms with Crippen molar-refractivity contribution < 1.29 is 9.59 Å². The van der Waals surface area contributed by atoms with Gasteiger partial charge in [-0.1, -0.05) is 18.2 Å². The van der Waals surface area contributed by atoms with Gasteiger partial charge in [-0.2, -0.15) is 0 Å². The topological polar surface area (TPSA) is 78.7 Å². The van der Waals surface area contributed by atoms with Gasteiger partial charge in [-0.05, 0) is 30.5 Å². The van der Waals surface area contributed by atoms with E-state index >= 15 is 0 Å². The van der Waals surface area contributed by atoms with Crippen molar-refractivity contribution in [3.05, 3.63) is 35.4 Å². The Balaban J connectivity index is 1.74. The number of primary amides is 1. The van der Waals surface area contributed by atoms with Crippen LogP contribution in [-0.2, 0) is 0 Å². The molecule has 1 aromatic carbocycles. The monoisotopic (exact) mass is 302 g/mol. The number of nitrogens with zero attached hydrogens (tertiary/aromatic N) is 2. The molecule has 2 saturated heterocycles. The largest absolute Gasteiger partial charge is 0.351 e. The van der Waals surface area contributed by atoms with Gasteiger partial charge in [0, 0.05) is 38.3 Å². The average molecular weight is 302 g/mol. The molecule has 0 radical (unpaired) electrons. The van der Waals surface area contributed by atoms with Gasteiger partial charge in [-0.3, -0.25) is 4.79 Å². The van der Waals surface area contributed by atoms with Gasteiger partial charge in [-0.25, -0.2) is 4.79 Å². The molecule has 6 nitrogen and oxygen atoms in total. The maximum Gasteiger partial charge on any atom is 0.314 e. The van der Waals surface area contributed by atoms with Crippen molar-refractivity contribution in [1.82, 2.24) is 15.1 Å². The van der Waals surface area contributed by atoms with E-state index in [0.29, 0.717) is 32.1 Å². The molecule has 3 rings (SSSR count). The fourth-order valence-electron chi connectivity index (χ4n) is 3.27. The van der Waals surface area contributed by atoms with Crippen LogP contribution < -0.4 is 11.1 Å². The molecular formula is C16H22N4O2. The number of urea groups is 1. The molecule has 0 aliphatic carbocycles. The number of rotatable bonds is 2. The first kappa shape index (κ1) is 14.8. The van der Waals surface area contributed by atoms with E-state index in [4.69, 9.17) is 5.73 Å². The number of benzene rings is 1. The fraction of sp³-hybridized carbons (Fsp3) is 0.500. The molecular weight excluding hydrogens is 280 g/mol. The molecule has 6 heteroatoms. The molecule has 3 amide bonds. The van der Waals surface area contributed by atoms with Crippen molar-refractivity contribution in [1.29, 1.82) is 0 Å². The molecule has 3 N–H and O–H groups in total. The Morgan fingerprint density at radius 1 is 1.09 bits per heavy atom. The van der Waals surface area contributed by atoms with Crippen LogP contribution in [0.15, 0.2) is 24.3 Å². The van der Waals surface area contributed by atoms with Gasteiger partial charge in [0.1, 0.15) is 0 Å². The predicted octanol–water partition coefficient (Wildman–Crippen LogP) is 0.600. The third-order valence-electron chi connectivity index (χ3n) is 4.57. The molecule has 118 valence electrons. The Kier molecular flexibility index (Phi) is 4.29. The number of nitrogens with two attached hydrogens (primary N) is 1. The van der Waals surface area contributed by atoms with E-state index in [9.17, 15) is 9.59 Å². The third kappa shape index (κ3) is 2.92. The highest BCUT2D eigenvalue weighted by molar-refractivity contribution is 5.96. The van der Waals surface area contributed by atoms with Crippen molar-refractivity contribution >= 4 is 11.9 Å². The summed E-state index contributed by atoms with van der Waals surface area (Å²) in [6.45, 7) is 4.03. The van der Waals surface area contributed by atoms with Gasteiger partial charge in [0.25, 0.3) is 5.91 Å². The minimum atomic E-state index is -0.412. The minimum Gasteiger partial charge on any atom is -0.351 e. The van der Waals surface area contributed by atoms with Crippen LogP contribution >= 0.6 is 0 Å². The molecule has 1 aromatic rings. The van der Waals surface area contributed by atoms with E-state index in [1.165, 1.54) is 0 Å². The van der Waals surface area contributed by atoms with Crippen LogP contribution in [0, 0.1) is 0 Å². The summed E-state index contributed by atoms with van der Waals surface area (Å²) in [6, 6.07) is 7.47. The minimum absolute atomic E-state index is 0.0617. The first-order valence-electron chi connectivity index (χ1n) is 7.80. The van der Waals surface area contributed by atoms with Crippen molar-refractivity contribution in [2.75, 3.05) is 39.3 Å². The van der Waals surface area contributed by atoms with E-state index in [0.717, 1.165) is 30.6 Å². The number of piperazine rings is 1. The van der Waals surface area contributed by atoms with Crippen LogP contribution in [0.4, 0.5) is 4.79 Å². The Bertz CT molecular complexity index is 561. The summed E-state index contributed by atoms with van der Waals surface area (Å²) in [4.78, 5) is 27.4. The molecule has 2 fully saturated rings. The highest BCUT2D eigenvalue weighted by Crippen LogP contribution is 2.26. The summed E-state index contributed by atoms with van der Waals surface area (Å²) >= 11 is 0. The molecule has 0 saturated carbocycles. The van der Waals surface area contributed by atoms with Crippen molar-refractivity contribution in [3.8, 4) is 0 Å². The number of nitrogens with one attached hydrogen (secondary N) is 1. The summed E-state index contributed by atoms with van der Waals surface area (Å²) in [6.07, 6.45) is 1.07. The van der Waals surface area contributed by atoms with Crippen molar-refractivity contribution in [2.45, 2.75) is 12.3 Å². The quantitative estimate of drug-likeness (QED) is 0.840. The summed E-state index contributed by atoms with van der Waals surface area (Å²) in [5.74, 6) is 0.471. The number of carbonyl (C=O) groups excluding carboxylic acids is 2. The summed E-state index contributed by atoms with van der Waals surface area (Å²) in [7, 11) is 0. The molecule has 2 aliphatic heterocycles. The zero-order chi connectivity index (χ0) is 15.5. The second-order valence-corrected chi connectivity index (χ2v) is 5.89. The van der Waals surface area contributed by atoms with Gasteiger partial charge in [-0.15, -0.1) is 0 Å². The lowest BCUT2D eigenvalue weighted by atomic mass is 9.93. The van der Waals surface area contributed by atoms with Gasteiger partial charge < -0.3 is 20.9 Å². The summed E-state index contributed by atoms with van der Waals surface area (Å²) < 4.78 is 0. The van der Waals surface area contributed by atoms with Crippen LogP contribution in [0.5, 0.6) is 0 Å². The van der Waals surface area contributed by atoms with E-state index in [1.807, 2.05) is 23.1 Å². The van der Waals surface area contributed by atoms with E-state index in [1.54, 1.807) is 4.90 Å². The molecule has 0 spiro atoms. The van der Waals surface area contributed by atoms with Crippen molar-refractivity contribution in [2.24, 2.45) is 5.73 Å². The molecule has 0 unspecified atom stereocenters. The Morgan fingerprint density at radius 2 is 1.77 bits per heavy atom. The standard InChI is InChI=1S/C16H22N4O2/c17-16(22)20-9-7-19(8-10-20)15(21)14-4-2-1-3-13(14)12-5-6-18-11-12/h1-4,12,18H,5-11H2,(H2,17,22)/t12-/m1/s1. The van der Waals surface area contributed by atoms with E-state index in [-0.39, 0.29) is 5.91 Å². The van der Waals surface area contributed by atoms with E-state index < -0.39 is 6.03 Å². The third-order valence-corrected chi connectivity index (χ3v) is 4.57.